The fourth-order valence-electron chi connectivity index (χ4n) is 1.92. The monoisotopic (exact) mass is 334 g/mol. The van der Waals surface area contributed by atoms with Gasteiger partial charge >= 0.3 is 5.97 Å². The highest BCUT2D eigenvalue weighted by molar-refractivity contribution is 5.89. The molecular weight excluding hydrogens is 308 g/mol. The molecule has 0 saturated heterocycles. The summed E-state index contributed by atoms with van der Waals surface area (Å²) in [6, 6.07) is 0. The number of aliphatic hydroxyl groups is 3. The Morgan fingerprint density at radius 1 is 1.26 bits per heavy atom. The lowest BCUT2D eigenvalue weighted by Crippen LogP contribution is -2.32. The molecule has 0 aliphatic carbocycles. The van der Waals surface area contributed by atoms with Crippen LogP contribution in [0.25, 0.3) is 0 Å². The Morgan fingerprint density at radius 3 is 2.61 bits per heavy atom. The Labute approximate surface area is 135 Å². The van der Waals surface area contributed by atoms with Gasteiger partial charge in [-0.1, -0.05) is 26.2 Å². The van der Waals surface area contributed by atoms with Gasteiger partial charge in [0.25, 0.3) is 5.76 Å². The number of ether oxygens (including phenoxy) is 2. The van der Waals surface area contributed by atoms with Crippen LogP contribution in [0.1, 0.15) is 39.5 Å². The number of hydrogen-bond acceptors (Lipinski definition) is 8. The first-order valence-electron chi connectivity index (χ1n) is 7.85. The number of cyclic esters (lactones) is 1. The summed E-state index contributed by atoms with van der Waals surface area (Å²) < 4.78 is 10.4. The summed E-state index contributed by atoms with van der Waals surface area (Å²) in [6.45, 7) is 3.13. The van der Waals surface area contributed by atoms with Crippen LogP contribution in [-0.4, -0.2) is 59.4 Å². The van der Waals surface area contributed by atoms with Crippen LogP contribution in [0, 0.1) is 0 Å². The fraction of sp³-hybridized carbons (Fsp3) is 0.800. The minimum absolute atomic E-state index is 0.132. The molecule has 0 radical (unpaired) electrons. The number of carbonyl (C=O) groups excluding carboxylic acids is 1. The molecule has 0 aromatic rings. The fourth-order valence-corrected chi connectivity index (χ4v) is 1.92. The molecular formula is C15H26O8. The molecule has 1 rings (SSSR count). The summed E-state index contributed by atoms with van der Waals surface area (Å²) in [6.07, 6.45) is 0.553. The zero-order valence-corrected chi connectivity index (χ0v) is 13.6. The lowest BCUT2D eigenvalue weighted by molar-refractivity contribution is -0.284. The van der Waals surface area contributed by atoms with Gasteiger partial charge in [0.05, 0.1) is 19.3 Å². The van der Waals surface area contributed by atoms with Crippen LogP contribution in [0.2, 0.25) is 0 Å². The first-order valence-corrected chi connectivity index (χ1v) is 7.85. The molecule has 0 spiro atoms. The van der Waals surface area contributed by atoms with Crippen LogP contribution < -0.4 is 0 Å². The van der Waals surface area contributed by atoms with Crippen LogP contribution in [0.5, 0.6) is 0 Å². The number of rotatable bonds is 12. The van der Waals surface area contributed by atoms with Crippen LogP contribution in [0.4, 0.5) is 0 Å². The first-order chi connectivity index (χ1) is 11.0. The topological polar surface area (TPSA) is 115 Å². The Kier molecular flexibility index (Phi) is 8.93. The molecule has 23 heavy (non-hydrogen) atoms. The van der Waals surface area contributed by atoms with Crippen molar-refractivity contribution in [1.82, 2.24) is 0 Å². The highest BCUT2D eigenvalue weighted by atomic mass is 17.2. The van der Waals surface area contributed by atoms with E-state index in [-0.39, 0.29) is 18.1 Å². The predicted molar refractivity (Wildman–Crippen MR) is 78.8 cm³/mol. The summed E-state index contributed by atoms with van der Waals surface area (Å²) >= 11 is 0. The summed E-state index contributed by atoms with van der Waals surface area (Å²) in [5.74, 6) is -1.09. The van der Waals surface area contributed by atoms with Gasteiger partial charge in [-0.15, -0.1) is 0 Å². The van der Waals surface area contributed by atoms with Gasteiger partial charge in [-0.25, -0.2) is 4.79 Å². The average molecular weight is 334 g/mol. The van der Waals surface area contributed by atoms with Crippen molar-refractivity contribution in [2.75, 3.05) is 19.8 Å². The normalized spacial score (nSPS) is 20.4. The van der Waals surface area contributed by atoms with Crippen molar-refractivity contribution in [2.45, 2.75) is 57.8 Å². The lowest BCUT2D eigenvalue weighted by atomic mass is 10.2. The van der Waals surface area contributed by atoms with Gasteiger partial charge < -0.3 is 29.7 Å². The molecule has 1 unspecified atom stereocenters. The second-order valence-corrected chi connectivity index (χ2v) is 5.40. The molecule has 3 N–H and O–H groups in total. The standard InChI is InChI=1S/C15H26O8/c1-3-4-5-6-7-20-14-13(23-21-9-10(2)17)12(11(18)8-16)22-15(14)19/h10-12,16-18H,3-9H2,1-2H3/t10?,11-,12+/m0/s1. The van der Waals surface area contributed by atoms with Crippen molar-refractivity contribution in [1.29, 1.82) is 0 Å². The maximum atomic E-state index is 11.8. The van der Waals surface area contributed by atoms with Gasteiger partial charge in [-0.3, -0.25) is 0 Å². The highest BCUT2D eigenvalue weighted by Gasteiger charge is 2.43. The van der Waals surface area contributed by atoms with Gasteiger partial charge in [-0.2, -0.15) is 4.89 Å². The molecule has 0 amide bonds. The first kappa shape index (κ1) is 19.7. The Bertz CT molecular complexity index is 393. The van der Waals surface area contributed by atoms with Crippen molar-refractivity contribution >= 4 is 5.97 Å². The molecule has 0 saturated carbocycles. The van der Waals surface area contributed by atoms with Crippen molar-refractivity contribution in [3.8, 4) is 0 Å². The van der Waals surface area contributed by atoms with E-state index in [2.05, 4.69) is 6.92 Å². The Hall–Kier alpha value is -1.35. The highest BCUT2D eigenvalue weighted by Crippen LogP contribution is 2.27. The zero-order valence-electron chi connectivity index (χ0n) is 13.6. The van der Waals surface area contributed by atoms with E-state index in [9.17, 15) is 9.90 Å². The molecule has 3 atom stereocenters. The summed E-state index contributed by atoms with van der Waals surface area (Å²) in [5, 5.41) is 27.9. The molecule has 0 fully saturated rings. The van der Waals surface area contributed by atoms with E-state index in [1.807, 2.05) is 0 Å². The molecule has 1 heterocycles. The van der Waals surface area contributed by atoms with Gasteiger partial charge in [0, 0.05) is 0 Å². The zero-order chi connectivity index (χ0) is 17.2. The smallest absolute Gasteiger partial charge is 0.378 e. The van der Waals surface area contributed by atoms with E-state index >= 15 is 0 Å². The average Bonchev–Trinajstić information content (AvgIpc) is 2.82. The van der Waals surface area contributed by atoms with Crippen molar-refractivity contribution in [3.05, 3.63) is 11.5 Å². The third kappa shape index (κ3) is 6.34. The van der Waals surface area contributed by atoms with Crippen LogP contribution >= 0.6 is 0 Å². The van der Waals surface area contributed by atoms with Gasteiger partial charge in [0.2, 0.25) is 5.76 Å². The minimum atomic E-state index is -1.36. The van der Waals surface area contributed by atoms with E-state index in [0.717, 1.165) is 25.7 Å². The number of aliphatic hydroxyl groups excluding tert-OH is 3. The molecule has 8 nitrogen and oxygen atoms in total. The van der Waals surface area contributed by atoms with Gasteiger partial charge in [0.15, 0.2) is 6.10 Å². The minimum Gasteiger partial charge on any atom is -0.484 e. The van der Waals surface area contributed by atoms with E-state index in [1.165, 1.54) is 6.92 Å². The molecule has 134 valence electrons. The molecule has 1 aliphatic rings. The quantitative estimate of drug-likeness (QED) is 0.203. The molecule has 8 heteroatoms. The Balaban J connectivity index is 2.70. The Morgan fingerprint density at radius 2 is 2.00 bits per heavy atom. The second-order valence-electron chi connectivity index (χ2n) is 5.40. The number of carbonyl (C=O) groups is 1. The maximum Gasteiger partial charge on any atom is 0.378 e. The van der Waals surface area contributed by atoms with E-state index < -0.39 is 30.9 Å². The van der Waals surface area contributed by atoms with Gasteiger partial charge in [-0.05, 0) is 13.3 Å². The molecule has 1 aliphatic heterocycles. The predicted octanol–water partition coefficient (Wildman–Crippen LogP) is 0.402. The summed E-state index contributed by atoms with van der Waals surface area (Å²) in [4.78, 5) is 21.7. The second kappa shape index (κ2) is 10.4. The molecule has 0 aromatic carbocycles. The van der Waals surface area contributed by atoms with Crippen LogP contribution in [0.3, 0.4) is 0 Å². The van der Waals surface area contributed by atoms with Crippen molar-refractivity contribution in [2.24, 2.45) is 0 Å². The SMILES string of the molecule is CCCCCCOC1=C(OOCC(C)O)[C@@H]([C@@H](O)CO)OC1=O. The number of unbranched alkanes of at least 4 members (excludes halogenated alkanes) is 3. The lowest BCUT2D eigenvalue weighted by Gasteiger charge is -2.17. The van der Waals surface area contributed by atoms with E-state index in [0.29, 0.717) is 6.61 Å². The van der Waals surface area contributed by atoms with E-state index in [4.69, 9.17) is 29.5 Å². The number of hydrogen-bond donors (Lipinski definition) is 3. The third-order valence-electron chi connectivity index (χ3n) is 3.14. The van der Waals surface area contributed by atoms with Gasteiger partial charge in [0.1, 0.15) is 12.7 Å². The van der Waals surface area contributed by atoms with E-state index in [1.54, 1.807) is 0 Å². The molecule has 0 aromatic heterocycles. The maximum absolute atomic E-state index is 11.8. The molecule has 0 bridgehead atoms. The number of esters is 1. The van der Waals surface area contributed by atoms with Crippen LogP contribution in [0.15, 0.2) is 11.5 Å². The summed E-state index contributed by atoms with van der Waals surface area (Å²) in [5.41, 5.74) is 0. The largest absolute Gasteiger partial charge is 0.484 e. The van der Waals surface area contributed by atoms with Crippen molar-refractivity contribution in [3.63, 3.8) is 0 Å². The third-order valence-corrected chi connectivity index (χ3v) is 3.14. The summed E-state index contributed by atoms with van der Waals surface area (Å²) in [7, 11) is 0. The van der Waals surface area contributed by atoms with Crippen molar-refractivity contribution < 1.29 is 39.4 Å². The van der Waals surface area contributed by atoms with Crippen LogP contribution in [-0.2, 0) is 24.0 Å².